The fourth-order valence-electron chi connectivity index (χ4n) is 1.24. The van der Waals surface area contributed by atoms with Gasteiger partial charge in [0.25, 0.3) is 0 Å². The number of urea groups is 1. The summed E-state index contributed by atoms with van der Waals surface area (Å²) < 4.78 is 0. The molecular weight excluding hydrogens is 225 g/mol. The number of nitrogens with zero attached hydrogens (tertiary/aromatic N) is 2. The lowest BCUT2D eigenvalue weighted by atomic mass is 10.2. The number of hydrogen-bond donors (Lipinski definition) is 1. The van der Waals surface area contributed by atoms with Crippen LogP contribution in [0.1, 0.15) is 19.3 Å². The number of carbonyl (C=O) groups is 1. The van der Waals surface area contributed by atoms with Gasteiger partial charge in [-0.25, -0.2) is 9.80 Å². The first kappa shape index (κ1) is 16.2. The molecular formula is C8H19Cl2N3O. The molecule has 0 aromatic rings. The summed E-state index contributed by atoms with van der Waals surface area (Å²) in [6.45, 7) is 1.97. The Bertz CT molecular complexity index is 161. The Kier molecular flexibility index (Phi) is 9.45. The van der Waals surface area contributed by atoms with Crippen LogP contribution in [0.15, 0.2) is 0 Å². The van der Waals surface area contributed by atoms with Crippen LogP contribution >= 0.6 is 24.8 Å². The average molecular weight is 244 g/mol. The standard InChI is InChI=1S/C8H17N3O.2ClH/c1-10(2)8(12)9-11-6-4-3-5-7-11;;/h3-7H2,1-2H3,(H,9,12);2*1H. The van der Waals surface area contributed by atoms with Gasteiger partial charge in [0.05, 0.1) is 0 Å². The minimum absolute atomic E-state index is 0. The maximum absolute atomic E-state index is 11.2. The number of nitrogens with one attached hydrogen (secondary N) is 1. The van der Waals surface area contributed by atoms with Crippen molar-refractivity contribution in [3.63, 3.8) is 0 Å². The molecule has 0 saturated carbocycles. The molecule has 0 spiro atoms. The molecule has 14 heavy (non-hydrogen) atoms. The molecule has 1 heterocycles. The van der Waals surface area contributed by atoms with Gasteiger partial charge in [-0.15, -0.1) is 24.8 Å². The third-order valence-corrected chi connectivity index (χ3v) is 2.02. The van der Waals surface area contributed by atoms with Crippen LogP contribution < -0.4 is 5.43 Å². The van der Waals surface area contributed by atoms with Crippen LogP contribution in [0.4, 0.5) is 4.79 Å². The first-order valence-corrected chi connectivity index (χ1v) is 4.43. The van der Waals surface area contributed by atoms with Crippen molar-refractivity contribution in [1.29, 1.82) is 0 Å². The van der Waals surface area contributed by atoms with Crippen molar-refractivity contribution in [3.8, 4) is 0 Å². The van der Waals surface area contributed by atoms with Crippen LogP contribution in [0.2, 0.25) is 0 Å². The predicted octanol–water partition coefficient (Wildman–Crippen LogP) is 1.50. The van der Waals surface area contributed by atoms with Gasteiger partial charge in [-0.05, 0) is 12.8 Å². The Labute approximate surface area is 97.8 Å². The number of rotatable bonds is 1. The van der Waals surface area contributed by atoms with Gasteiger partial charge in [-0.3, -0.25) is 5.43 Å². The minimum Gasteiger partial charge on any atom is -0.330 e. The van der Waals surface area contributed by atoms with Crippen LogP contribution in [-0.4, -0.2) is 43.1 Å². The van der Waals surface area contributed by atoms with Crippen LogP contribution in [0.5, 0.6) is 0 Å². The molecule has 86 valence electrons. The van der Waals surface area contributed by atoms with Crippen molar-refractivity contribution >= 4 is 30.8 Å². The van der Waals surface area contributed by atoms with Crippen LogP contribution in [0.25, 0.3) is 0 Å². The first-order valence-electron chi connectivity index (χ1n) is 4.43. The number of halogens is 2. The largest absolute Gasteiger partial charge is 0.331 e. The fraction of sp³-hybridized carbons (Fsp3) is 0.875. The van der Waals surface area contributed by atoms with E-state index in [9.17, 15) is 4.79 Å². The zero-order valence-corrected chi connectivity index (χ0v) is 10.3. The van der Waals surface area contributed by atoms with Crippen LogP contribution in [-0.2, 0) is 0 Å². The first-order chi connectivity index (χ1) is 5.70. The third kappa shape index (κ3) is 5.52. The van der Waals surface area contributed by atoms with E-state index in [1.165, 1.54) is 19.3 Å². The molecule has 0 bridgehead atoms. The highest BCUT2D eigenvalue weighted by molar-refractivity contribution is 5.85. The predicted molar refractivity (Wildman–Crippen MR) is 62.1 cm³/mol. The number of amides is 2. The van der Waals surface area contributed by atoms with E-state index in [2.05, 4.69) is 5.43 Å². The summed E-state index contributed by atoms with van der Waals surface area (Å²) in [7, 11) is 3.50. The quantitative estimate of drug-likeness (QED) is 0.758. The SMILES string of the molecule is CN(C)C(=O)NN1CCCCC1.Cl.Cl. The molecule has 0 aromatic heterocycles. The molecule has 0 unspecified atom stereocenters. The lowest BCUT2D eigenvalue weighted by molar-refractivity contribution is 0.140. The Hall–Kier alpha value is -0.190. The molecule has 1 rings (SSSR count). The van der Waals surface area contributed by atoms with Crippen molar-refractivity contribution in [2.45, 2.75) is 19.3 Å². The smallest absolute Gasteiger partial charge is 0.330 e. The fourth-order valence-corrected chi connectivity index (χ4v) is 1.24. The van der Waals surface area contributed by atoms with Crippen LogP contribution in [0.3, 0.4) is 0 Å². The zero-order valence-electron chi connectivity index (χ0n) is 8.65. The second-order valence-corrected chi connectivity index (χ2v) is 3.36. The van der Waals surface area contributed by atoms with E-state index in [0.717, 1.165) is 13.1 Å². The zero-order chi connectivity index (χ0) is 8.97. The summed E-state index contributed by atoms with van der Waals surface area (Å²) in [6.07, 6.45) is 3.66. The highest BCUT2D eigenvalue weighted by Crippen LogP contribution is 2.05. The molecule has 6 heteroatoms. The second kappa shape index (κ2) is 8.15. The lowest BCUT2D eigenvalue weighted by Crippen LogP contribution is -2.48. The molecule has 1 fully saturated rings. The van der Waals surface area contributed by atoms with E-state index in [-0.39, 0.29) is 30.8 Å². The van der Waals surface area contributed by atoms with Crippen molar-refractivity contribution < 1.29 is 4.79 Å². The molecule has 2 amide bonds. The van der Waals surface area contributed by atoms with Crippen molar-refractivity contribution in [1.82, 2.24) is 15.3 Å². The van der Waals surface area contributed by atoms with Crippen molar-refractivity contribution in [2.24, 2.45) is 0 Å². The minimum atomic E-state index is -0.0306. The molecule has 1 N–H and O–H groups in total. The third-order valence-electron chi connectivity index (χ3n) is 2.02. The summed E-state index contributed by atoms with van der Waals surface area (Å²) in [5.74, 6) is 0. The summed E-state index contributed by atoms with van der Waals surface area (Å²) >= 11 is 0. The van der Waals surface area contributed by atoms with Crippen molar-refractivity contribution in [2.75, 3.05) is 27.2 Å². The van der Waals surface area contributed by atoms with Crippen molar-refractivity contribution in [3.05, 3.63) is 0 Å². The molecule has 1 aliphatic rings. The van der Waals surface area contributed by atoms with E-state index < -0.39 is 0 Å². The van der Waals surface area contributed by atoms with E-state index in [4.69, 9.17) is 0 Å². The Morgan fingerprint density at radius 1 is 1.14 bits per heavy atom. The normalized spacial score (nSPS) is 16.1. The van der Waals surface area contributed by atoms with E-state index >= 15 is 0 Å². The molecule has 0 aromatic carbocycles. The van der Waals surface area contributed by atoms with Gasteiger partial charge in [0, 0.05) is 27.2 Å². The van der Waals surface area contributed by atoms with Gasteiger partial charge < -0.3 is 4.90 Å². The molecule has 1 saturated heterocycles. The van der Waals surface area contributed by atoms with E-state index in [1.54, 1.807) is 19.0 Å². The summed E-state index contributed by atoms with van der Waals surface area (Å²) in [5.41, 5.74) is 2.84. The molecule has 4 nitrogen and oxygen atoms in total. The Morgan fingerprint density at radius 3 is 2.07 bits per heavy atom. The second-order valence-electron chi connectivity index (χ2n) is 3.36. The number of hydrazine groups is 1. The van der Waals surface area contributed by atoms with E-state index in [1.807, 2.05) is 5.01 Å². The number of hydrogen-bond acceptors (Lipinski definition) is 2. The number of carbonyl (C=O) groups excluding carboxylic acids is 1. The topological polar surface area (TPSA) is 35.6 Å². The number of piperidine rings is 1. The Balaban J connectivity index is 0. The average Bonchev–Trinajstić information content (AvgIpc) is 2.06. The van der Waals surface area contributed by atoms with Gasteiger partial charge in [-0.1, -0.05) is 6.42 Å². The Morgan fingerprint density at radius 2 is 1.64 bits per heavy atom. The maximum atomic E-state index is 11.2. The molecule has 0 aliphatic carbocycles. The molecule has 0 atom stereocenters. The summed E-state index contributed by atoms with van der Waals surface area (Å²) in [4.78, 5) is 12.7. The van der Waals surface area contributed by atoms with Crippen LogP contribution in [0, 0.1) is 0 Å². The van der Waals surface area contributed by atoms with Gasteiger partial charge >= 0.3 is 6.03 Å². The summed E-state index contributed by atoms with van der Waals surface area (Å²) in [5, 5.41) is 1.99. The van der Waals surface area contributed by atoms with Gasteiger partial charge in [0.2, 0.25) is 0 Å². The molecule has 1 aliphatic heterocycles. The highest BCUT2D eigenvalue weighted by atomic mass is 35.5. The maximum Gasteiger partial charge on any atom is 0.331 e. The lowest BCUT2D eigenvalue weighted by Gasteiger charge is -2.28. The summed E-state index contributed by atoms with van der Waals surface area (Å²) in [6, 6.07) is -0.0306. The monoisotopic (exact) mass is 243 g/mol. The molecule has 0 radical (unpaired) electrons. The van der Waals surface area contributed by atoms with Gasteiger partial charge in [0.15, 0.2) is 0 Å². The highest BCUT2D eigenvalue weighted by Gasteiger charge is 2.12. The van der Waals surface area contributed by atoms with E-state index in [0.29, 0.717) is 0 Å². The van der Waals surface area contributed by atoms with Gasteiger partial charge in [-0.2, -0.15) is 0 Å². The van der Waals surface area contributed by atoms with Gasteiger partial charge in [0.1, 0.15) is 0 Å².